The molecular formula is C13H14N2O3. The summed E-state index contributed by atoms with van der Waals surface area (Å²) in [4.78, 5) is 15.0. The first kappa shape index (κ1) is 12.2. The van der Waals surface area contributed by atoms with E-state index < -0.39 is 5.97 Å². The third-order valence-electron chi connectivity index (χ3n) is 2.65. The van der Waals surface area contributed by atoms with Crippen molar-refractivity contribution in [1.82, 2.24) is 9.55 Å². The Morgan fingerprint density at radius 3 is 2.94 bits per heavy atom. The average molecular weight is 246 g/mol. The number of nitrogens with zero attached hydrogens (tertiary/aromatic N) is 2. The Morgan fingerprint density at radius 1 is 1.50 bits per heavy atom. The number of carboxylic acids is 1. The maximum Gasteiger partial charge on any atom is 0.311 e. The Kier molecular flexibility index (Phi) is 3.32. The molecule has 0 fully saturated rings. The molecule has 0 bridgehead atoms. The van der Waals surface area contributed by atoms with Crippen LogP contribution in [-0.2, 0) is 18.3 Å². The highest BCUT2D eigenvalue weighted by atomic mass is 16.5. The second-order valence-electron chi connectivity index (χ2n) is 3.96. The van der Waals surface area contributed by atoms with Crippen molar-refractivity contribution < 1.29 is 14.6 Å². The number of carboxylic acid groups (broad SMARTS) is 1. The van der Waals surface area contributed by atoms with E-state index in [2.05, 4.69) is 4.98 Å². The van der Waals surface area contributed by atoms with Crippen molar-refractivity contribution in [2.45, 2.75) is 6.42 Å². The fraction of sp³-hybridized carbons (Fsp3) is 0.231. The van der Waals surface area contributed by atoms with Gasteiger partial charge in [0, 0.05) is 18.8 Å². The predicted molar refractivity (Wildman–Crippen MR) is 66.5 cm³/mol. The molecule has 0 aliphatic heterocycles. The third kappa shape index (κ3) is 2.51. The van der Waals surface area contributed by atoms with Gasteiger partial charge >= 0.3 is 5.97 Å². The fourth-order valence-corrected chi connectivity index (χ4v) is 1.73. The molecule has 2 rings (SSSR count). The predicted octanol–water partition coefficient (Wildman–Crippen LogP) is 1.72. The summed E-state index contributed by atoms with van der Waals surface area (Å²) in [7, 11) is 3.39. The Bertz CT molecular complexity index is 575. The van der Waals surface area contributed by atoms with Crippen LogP contribution in [0.3, 0.4) is 0 Å². The van der Waals surface area contributed by atoms with Crippen molar-refractivity contribution in [3.05, 3.63) is 36.3 Å². The number of imidazole rings is 1. The quantitative estimate of drug-likeness (QED) is 0.892. The molecule has 1 aromatic heterocycles. The van der Waals surface area contributed by atoms with Gasteiger partial charge in [0.1, 0.15) is 18.0 Å². The van der Waals surface area contributed by atoms with Crippen LogP contribution in [0, 0.1) is 0 Å². The highest BCUT2D eigenvalue weighted by molar-refractivity contribution is 5.70. The van der Waals surface area contributed by atoms with Crippen molar-refractivity contribution in [2.75, 3.05) is 7.11 Å². The molecule has 0 atom stereocenters. The summed E-state index contributed by atoms with van der Waals surface area (Å²) < 4.78 is 6.87. The normalized spacial score (nSPS) is 10.3. The van der Waals surface area contributed by atoms with Gasteiger partial charge in [-0.3, -0.25) is 4.79 Å². The van der Waals surface area contributed by atoms with Gasteiger partial charge in [-0.1, -0.05) is 12.1 Å². The average Bonchev–Trinajstić information content (AvgIpc) is 2.70. The lowest BCUT2D eigenvalue weighted by atomic mass is 10.1. The zero-order chi connectivity index (χ0) is 13.1. The zero-order valence-corrected chi connectivity index (χ0v) is 10.3. The fourth-order valence-electron chi connectivity index (χ4n) is 1.73. The molecule has 2 aromatic rings. The number of hydrogen-bond acceptors (Lipinski definition) is 3. The van der Waals surface area contributed by atoms with Crippen LogP contribution >= 0.6 is 0 Å². The highest BCUT2D eigenvalue weighted by Crippen LogP contribution is 2.23. The van der Waals surface area contributed by atoms with Gasteiger partial charge in [-0.05, 0) is 12.1 Å². The van der Waals surface area contributed by atoms with Crippen LogP contribution in [0.5, 0.6) is 5.75 Å². The van der Waals surface area contributed by atoms with E-state index in [0.717, 1.165) is 17.0 Å². The smallest absolute Gasteiger partial charge is 0.311 e. The van der Waals surface area contributed by atoms with Crippen LogP contribution in [0.2, 0.25) is 0 Å². The largest absolute Gasteiger partial charge is 0.497 e. The number of aromatic nitrogens is 2. The van der Waals surface area contributed by atoms with E-state index in [-0.39, 0.29) is 6.42 Å². The molecule has 0 radical (unpaired) electrons. The van der Waals surface area contributed by atoms with Crippen molar-refractivity contribution in [1.29, 1.82) is 0 Å². The van der Waals surface area contributed by atoms with Crippen molar-refractivity contribution in [3.8, 4) is 17.0 Å². The summed E-state index contributed by atoms with van der Waals surface area (Å²) >= 11 is 0. The Morgan fingerprint density at radius 2 is 2.28 bits per heavy atom. The summed E-state index contributed by atoms with van der Waals surface area (Å²) in [5, 5.41) is 8.78. The molecule has 1 heterocycles. The number of hydrogen-bond donors (Lipinski definition) is 1. The first-order valence-electron chi connectivity index (χ1n) is 5.48. The summed E-state index contributed by atoms with van der Waals surface area (Å²) in [6.45, 7) is 0. The number of rotatable bonds is 4. The van der Waals surface area contributed by atoms with Gasteiger partial charge in [0.15, 0.2) is 0 Å². The van der Waals surface area contributed by atoms with Gasteiger partial charge in [-0.25, -0.2) is 4.98 Å². The molecule has 0 aliphatic carbocycles. The Hall–Kier alpha value is -2.30. The van der Waals surface area contributed by atoms with Gasteiger partial charge in [0.05, 0.1) is 12.8 Å². The maximum absolute atomic E-state index is 10.7. The van der Waals surface area contributed by atoms with E-state index in [0.29, 0.717) is 5.82 Å². The number of methoxy groups -OCH3 is 1. The topological polar surface area (TPSA) is 64.3 Å². The van der Waals surface area contributed by atoms with Crippen LogP contribution in [0.4, 0.5) is 0 Å². The first-order valence-corrected chi connectivity index (χ1v) is 5.48. The van der Waals surface area contributed by atoms with Crippen LogP contribution in [0.1, 0.15) is 5.82 Å². The molecule has 0 spiro atoms. The lowest BCUT2D eigenvalue weighted by Gasteiger charge is -2.01. The molecule has 0 amide bonds. The number of aryl methyl sites for hydroxylation is 1. The molecule has 0 saturated heterocycles. The van der Waals surface area contributed by atoms with Crippen LogP contribution < -0.4 is 4.74 Å². The second kappa shape index (κ2) is 4.91. The van der Waals surface area contributed by atoms with E-state index in [1.807, 2.05) is 30.5 Å². The van der Waals surface area contributed by atoms with Gasteiger partial charge in [-0.15, -0.1) is 0 Å². The molecule has 94 valence electrons. The van der Waals surface area contributed by atoms with Gasteiger partial charge in [-0.2, -0.15) is 0 Å². The Labute approximate surface area is 105 Å². The lowest BCUT2D eigenvalue weighted by molar-refractivity contribution is -0.136. The number of carbonyl (C=O) groups is 1. The summed E-state index contributed by atoms with van der Waals surface area (Å²) in [5.41, 5.74) is 1.65. The maximum atomic E-state index is 10.7. The van der Waals surface area contributed by atoms with E-state index in [1.54, 1.807) is 18.7 Å². The highest BCUT2D eigenvalue weighted by Gasteiger charge is 2.10. The number of benzene rings is 1. The van der Waals surface area contributed by atoms with Crippen molar-refractivity contribution in [3.63, 3.8) is 0 Å². The molecule has 1 aromatic carbocycles. The van der Waals surface area contributed by atoms with Gasteiger partial charge < -0.3 is 14.4 Å². The summed E-state index contributed by atoms with van der Waals surface area (Å²) in [5.74, 6) is 0.388. The third-order valence-corrected chi connectivity index (χ3v) is 2.65. The monoisotopic (exact) mass is 246 g/mol. The number of ether oxygens (including phenoxy) is 1. The molecule has 0 unspecified atom stereocenters. The molecule has 18 heavy (non-hydrogen) atoms. The minimum atomic E-state index is -0.888. The summed E-state index contributed by atoms with van der Waals surface area (Å²) in [6, 6.07) is 7.51. The van der Waals surface area contributed by atoms with Crippen LogP contribution in [0.25, 0.3) is 11.3 Å². The summed E-state index contributed by atoms with van der Waals surface area (Å²) in [6.07, 6.45) is 1.73. The van der Waals surface area contributed by atoms with Crippen LogP contribution in [-0.4, -0.2) is 27.7 Å². The van der Waals surface area contributed by atoms with E-state index in [1.165, 1.54) is 0 Å². The lowest BCUT2D eigenvalue weighted by Crippen LogP contribution is -2.05. The first-order chi connectivity index (χ1) is 8.60. The van der Waals surface area contributed by atoms with Crippen LogP contribution in [0.15, 0.2) is 30.5 Å². The molecule has 5 nitrogen and oxygen atoms in total. The minimum absolute atomic E-state index is 0.0829. The van der Waals surface area contributed by atoms with E-state index in [4.69, 9.17) is 9.84 Å². The standard InChI is InChI=1S/C13H14N2O3/c1-15-8-11(14-12(15)7-13(16)17)9-4-3-5-10(6-9)18-2/h3-6,8H,7H2,1-2H3,(H,16,17). The van der Waals surface area contributed by atoms with Gasteiger partial charge in [0.25, 0.3) is 0 Å². The second-order valence-corrected chi connectivity index (χ2v) is 3.96. The SMILES string of the molecule is COc1cccc(-c2cn(C)c(CC(=O)O)n2)c1. The minimum Gasteiger partial charge on any atom is -0.497 e. The number of aliphatic carboxylic acids is 1. The molecule has 1 N–H and O–H groups in total. The van der Waals surface area contributed by atoms with Gasteiger partial charge in [0.2, 0.25) is 0 Å². The Balaban J connectivity index is 2.35. The van der Waals surface area contributed by atoms with Crippen molar-refractivity contribution >= 4 is 5.97 Å². The van der Waals surface area contributed by atoms with E-state index >= 15 is 0 Å². The van der Waals surface area contributed by atoms with E-state index in [9.17, 15) is 4.79 Å². The molecule has 0 saturated carbocycles. The van der Waals surface area contributed by atoms with Crippen molar-refractivity contribution in [2.24, 2.45) is 7.05 Å². The molecule has 5 heteroatoms. The molecule has 0 aliphatic rings. The zero-order valence-electron chi connectivity index (χ0n) is 10.3. The molecular weight excluding hydrogens is 232 g/mol.